The molecule has 0 radical (unpaired) electrons. The van der Waals surface area contributed by atoms with Gasteiger partial charge in [-0.05, 0) is 66.7 Å². The zero-order valence-corrected chi connectivity index (χ0v) is 21.1. The molecule has 0 saturated carbocycles. The quantitative estimate of drug-likeness (QED) is 0.277. The van der Waals surface area contributed by atoms with Gasteiger partial charge in [-0.2, -0.15) is 0 Å². The lowest BCUT2D eigenvalue weighted by Gasteiger charge is -2.20. The van der Waals surface area contributed by atoms with E-state index in [1.165, 1.54) is 41.7 Å². The summed E-state index contributed by atoms with van der Waals surface area (Å²) in [6.07, 6.45) is 1.67. The van der Waals surface area contributed by atoms with Crippen molar-refractivity contribution < 1.29 is 13.2 Å². The lowest BCUT2D eigenvalue weighted by molar-refractivity contribution is 0.0985. The van der Waals surface area contributed by atoms with Crippen molar-refractivity contribution in [1.82, 2.24) is 9.97 Å². The monoisotopic (exact) mass is 534 g/mol. The third-order valence-electron chi connectivity index (χ3n) is 5.29. The maximum absolute atomic E-state index is 13.7. The number of benzene rings is 3. The lowest BCUT2D eigenvalue weighted by atomic mass is 10.1. The van der Waals surface area contributed by atoms with Crippen molar-refractivity contribution in [2.75, 3.05) is 9.62 Å². The largest absolute Gasteiger partial charge is 0.280 e. The fraction of sp³-hybridized carbons (Fsp3) is 0.0385. The lowest BCUT2D eigenvalue weighted by Crippen LogP contribution is -2.30. The predicted octanol–water partition coefficient (Wildman–Crippen LogP) is 5.99. The highest BCUT2D eigenvalue weighted by molar-refractivity contribution is 7.92. The number of para-hydroxylation sites is 1. The number of nitrogens with one attached hydrogen (secondary N) is 1. The van der Waals surface area contributed by atoms with E-state index in [0.717, 1.165) is 10.2 Å². The van der Waals surface area contributed by atoms with Crippen LogP contribution in [0.2, 0.25) is 5.02 Å². The van der Waals surface area contributed by atoms with E-state index in [1.807, 2.05) is 42.5 Å². The van der Waals surface area contributed by atoms with E-state index in [1.54, 1.807) is 29.3 Å². The van der Waals surface area contributed by atoms with Gasteiger partial charge in [0.25, 0.3) is 15.9 Å². The van der Waals surface area contributed by atoms with Gasteiger partial charge in [0.2, 0.25) is 0 Å². The highest BCUT2D eigenvalue weighted by Gasteiger charge is 2.23. The number of thiazole rings is 1. The van der Waals surface area contributed by atoms with Gasteiger partial charge in [-0.3, -0.25) is 19.4 Å². The smallest absolute Gasteiger partial charge is 0.261 e. The predicted molar refractivity (Wildman–Crippen MR) is 143 cm³/mol. The molecule has 0 bridgehead atoms. The molecule has 0 atom stereocenters. The molecule has 1 amide bonds. The zero-order chi connectivity index (χ0) is 25.1. The molecule has 0 saturated heterocycles. The highest BCUT2D eigenvalue weighted by atomic mass is 35.5. The van der Waals surface area contributed by atoms with Gasteiger partial charge in [-0.1, -0.05) is 47.2 Å². The van der Waals surface area contributed by atoms with Crippen LogP contribution in [0.3, 0.4) is 0 Å². The van der Waals surface area contributed by atoms with Crippen LogP contribution in [-0.2, 0) is 16.6 Å². The molecular weight excluding hydrogens is 516 g/mol. The van der Waals surface area contributed by atoms with E-state index in [4.69, 9.17) is 11.6 Å². The second-order valence-electron chi connectivity index (χ2n) is 7.82. The van der Waals surface area contributed by atoms with Crippen LogP contribution in [0.4, 0.5) is 10.8 Å². The number of nitrogens with zero attached hydrogens (tertiary/aromatic N) is 3. The normalized spacial score (nSPS) is 11.4. The molecule has 0 fully saturated rings. The number of rotatable bonds is 7. The standard InChI is InChI=1S/C26H19ClN4O3S2/c27-19-11-13-22(14-12-19)36(33,34)30-20-8-5-6-18(16-20)25(32)31(17-21-7-3-4-15-28-21)26-29-23-9-1-2-10-24(23)35-26/h1-16,30H,17H2. The number of fused-ring (bicyclic) bond motifs is 1. The number of carbonyl (C=O) groups is 1. The number of sulfonamides is 1. The molecule has 0 aliphatic rings. The van der Waals surface area contributed by atoms with Crippen LogP contribution in [0.15, 0.2) is 102 Å². The highest BCUT2D eigenvalue weighted by Crippen LogP contribution is 2.31. The van der Waals surface area contributed by atoms with Crippen LogP contribution in [0.1, 0.15) is 16.1 Å². The Morgan fingerprint density at radius 3 is 2.47 bits per heavy atom. The number of aromatic nitrogens is 2. The maximum Gasteiger partial charge on any atom is 0.261 e. The Balaban J connectivity index is 1.47. The molecular formula is C26H19ClN4O3S2. The summed E-state index contributed by atoms with van der Waals surface area (Å²) in [6, 6.07) is 25.4. The van der Waals surface area contributed by atoms with Crippen molar-refractivity contribution in [2.45, 2.75) is 11.4 Å². The first-order valence-corrected chi connectivity index (χ1v) is 13.5. The van der Waals surface area contributed by atoms with Crippen molar-refractivity contribution in [2.24, 2.45) is 0 Å². The third-order valence-corrected chi connectivity index (χ3v) is 8.00. The molecule has 10 heteroatoms. The summed E-state index contributed by atoms with van der Waals surface area (Å²) < 4.78 is 29.1. The van der Waals surface area contributed by atoms with Gasteiger partial charge in [0, 0.05) is 22.5 Å². The fourth-order valence-electron chi connectivity index (χ4n) is 3.55. The summed E-state index contributed by atoms with van der Waals surface area (Å²) in [5.41, 5.74) is 2.06. The van der Waals surface area contributed by atoms with Crippen LogP contribution < -0.4 is 9.62 Å². The van der Waals surface area contributed by atoms with E-state index in [-0.39, 0.29) is 23.0 Å². The minimum absolute atomic E-state index is 0.0647. The van der Waals surface area contributed by atoms with Crippen molar-refractivity contribution >= 4 is 59.9 Å². The summed E-state index contributed by atoms with van der Waals surface area (Å²) in [4.78, 5) is 24.4. The Labute approximate surface area is 217 Å². The molecule has 2 heterocycles. The molecule has 180 valence electrons. The number of hydrogen-bond acceptors (Lipinski definition) is 6. The number of halogens is 1. The van der Waals surface area contributed by atoms with Gasteiger partial charge in [0.15, 0.2) is 5.13 Å². The Hall–Kier alpha value is -3.79. The molecule has 5 rings (SSSR count). The van der Waals surface area contributed by atoms with E-state index in [0.29, 0.717) is 21.4 Å². The molecule has 0 aliphatic heterocycles. The van der Waals surface area contributed by atoms with E-state index in [9.17, 15) is 13.2 Å². The number of anilines is 2. The first-order chi connectivity index (χ1) is 17.4. The first-order valence-electron chi connectivity index (χ1n) is 10.8. The molecule has 1 N–H and O–H groups in total. The molecule has 0 spiro atoms. The van der Waals surface area contributed by atoms with Gasteiger partial charge >= 0.3 is 0 Å². The number of hydrogen-bond donors (Lipinski definition) is 1. The summed E-state index contributed by atoms with van der Waals surface area (Å²) >= 11 is 7.28. The zero-order valence-electron chi connectivity index (χ0n) is 18.7. The molecule has 5 aromatic rings. The second kappa shape index (κ2) is 10.1. The molecule has 7 nitrogen and oxygen atoms in total. The van der Waals surface area contributed by atoms with Crippen LogP contribution >= 0.6 is 22.9 Å². The average Bonchev–Trinajstić information content (AvgIpc) is 3.32. The Morgan fingerprint density at radius 1 is 0.944 bits per heavy atom. The van der Waals surface area contributed by atoms with Gasteiger partial charge in [-0.25, -0.2) is 13.4 Å². The Bertz CT molecular complexity index is 1610. The first kappa shape index (κ1) is 23.9. The molecule has 0 unspecified atom stereocenters. The Kier molecular flexibility index (Phi) is 6.69. The topological polar surface area (TPSA) is 92.3 Å². The van der Waals surface area contributed by atoms with Crippen LogP contribution in [0.5, 0.6) is 0 Å². The van der Waals surface area contributed by atoms with Gasteiger partial charge in [0.1, 0.15) is 0 Å². The van der Waals surface area contributed by atoms with E-state index in [2.05, 4.69) is 14.7 Å². The molecule has 3 aromatic carbocycles. The summed E-state index contributed by atoms with van der Waals surface area (Å²) in [7, 11) is -3.86. The van der Waals surface area contributed by atoms with Crippen LogP contribution in [0, 0.1) is 0 Å². The van der Waals surface area contributed by atoms with Crippen molar-refractivity contribution in [3.05, 3.63) is 113 Å². The number of pyridine rings is 1. The average molecular weight is 535 g/mol. The molecule has 36 heavy (non-hydrogen) atoms. The minimum atomic E-state index is -3.86. The number of carbonyl (C=O) groups excluding carboxylic acids is 1. The van der Waals surface area contributed by atoms with Gasteiger partial charge in [0.05, 0.1) is 27.4 Å². The number of amides is 1. The molecule has 2 aromatic heterocycles. The maximum atomic E-state index is 13.7. The van der Waals surface area contributed by atoms with E-state index < -0.39 is 10.0 Å². The van der Waals surface area contributed by atoms with Crippen LogP contribution in [0.25, 0.3) is 10.2 Å². The molecule has 0 aliphatic carbocycles. The minimum Gasteiger partial charge on any atom is -0.280 e. The third kappa shape index (κ3) is 5.23. The van der Waals surface area contributed by atoms with Crippen molar-refractivity contribution in [1.29, 1.82) is 0 Å². The summed E-state index contributed by atoms with van der Waals surface area (Å²) in [5.74, 6) is -0.327. The SMILES string of the molecule is O=C(c1cccc(NS(=O)(=O)c2ccc(Cl)cc2)c1)N(Cc1ccccn1)c1nc2ccccc2s1. The van der Waals surface area contributed by atoms with Crippen molar-refractivity contribution in [3.63, 3.8) is 0 Å². The Morgan fingerprint density at radius 2 is 1.72 bits per heavy atom. The van der Waals surface area contributed by atoms with Crippen LogP contribution in [-0.4, -0.2) is 24.3 Å². The summed E-state index contributed by atoms with van der Waals surface area (Å²) in [6.45, 7) is 0.209. The van der Waals surface area contributed by atoms with Crippen molar-refractivity contribution in [3.8, 4) is 0 Å². The second-order valence-corrected chi connectivity index (χ2v) is 10.9. The van der Waals surface area contributed by atoms with E-state index >= 15 is 0 Å². The van der Waals surface area contributed by atoms with Gasteiger partial charge < -0.3 is 0 Å². The summed E-state index contributed by atoms with van der Waals surface area (Å²) in [5, 5.41) is 0.961. The fourth-order valence-corrected chi connectivity index (χ4v) is 5.69. The van der Waals surface area contributed by atoms with Gasteiger partial charge in [-0.15, -0.1) is 0 Å².